The minimum atomic E-state index is -0.0530. The molecule has 3 heteroatoms. The van der Waals surface area contributed by atoms with Gasteiger partial charge >= 0.3 is 0 Å². The van der Waals surface area contributed by atoms with E-state index in [1.165, 1.54) is 19.3 Å². The zero-order chi connectivity index (χ0) is 13.0. The fraction of sp³-hybridized carbons (Fsp3) is 1.00. The normalized spacial score (nSPS) is 31.5. The molecule has 1 heterocycles. The van der Waals surface area contributed by atoms with E-state index in [0.29, 0.717) is 11.3 Å². The maximum atomic E-state index is 10.1. The van der Waals surface area contributed by atoms with Crippen LogP contribution in [-0.2, 0) is 4.74 Å². The van der Waals surface area contributed by atoms with E-state index in [2.05, 4.69) is 18.7 Å². The van der Waals surface area contributed by atoms with Crippen molar-refractivity contribution in [3.05, 3.63) is 0 Å². The lowest BCUT2D eigenvalue weighted by Gasteiger charge is -2.39. The Morgan fingerprint density at radius 1 is 1.17 bits per heavy atom. The summed E-state index contributed by atoms with van der Waals surface area (Å²) in [7, 11) is 0. The Kier molecular flexibility index (Phi) is 5.05. The van der Waals surface area contributed by atoms with Gasteiger partial charge in [-0.15, -0.1) is 0 Å². The molecule has 18 heavy (non-hydrogen) atoms. The number of hydrogen-bond donors (Lipinski definition) is 1. The zero-order valence-corrected chi connectivity index (χ0v) is 12.0. The summed E-state index contributed by atoms with van der Waals surface area (Å²) in [5, 5.41) is 10.1. The van der Waals surface area contributed by atoms with Gasteiger partial charge < -0.3 is 9.84 Å². The lowest BCUT2D eigenvalue weighted by Crippen LogP contribution is -2.43. The SMILES string of the molecule is CC(C)(CC1CCCCC1O)CN1CCOCC1. The van der Waals surface area contributed by atoms with Crippen molar-refractivity contribution >= 4 is 0 Å². The van der Waals surface area contributed by atoms with Crippen molar-refractivity contribution in [3.63, 3.8) is 0 Å². The fourth-order valence-corrected chi connectivity index (χ4v) is 3.57. The average Bonchev–Trinajstić information content (AvgIpc) is 2.32. The van der Waals surface area contributed by atoms with Crippen molar-refractivity contribution in [2.45, 2.75) is 52.1 Å². The highest BCUT2D eigenvalue weighted by atomic mass is 16.5. The van der Waals surface area contributed by atoms with Crippen molar-refractivity contribution in [1.82, 2.24) is 4.90 Å². The first kappa shape index (κ1) is 14.3. The third-order valence-corrected chi connectivity index (χ3v) is 4.44. The zero-order valence-electron chi connectivity index (χ0n) is 12.0. The third-order valence-electron chi connectivity index (χ3n) is 4.44. The number of morpholine rings is 1. The summed E-state index contributed by atoms with van der Waals surface area (Å²) in [6.07, 6.45) is 5.84. The van der Waals surface area contributed by atoms with Gasteiger partial charge in [-0.3, -0.25) is 4.90 Å². The first-order valence-corrected chi connectivity index (χ1v) is 7.55. The summed E-state index contributed by atoms with van der Waals surface area (Å²) in [6.45, 7) is 9.73. The van der Waals surface area contributed by atoms with E-state index in [1.54, 1.807) is 0 Å². The maximum Gasteiger partial charge on any atom is 0.0594 e. The van der Waals surface area contributed by atoms with Crippen LogP contribution in [0.5, 0.6) is 0 Å². The number of nitrogens with zero attached hydrogens (tertiary/aromatic N) is 1. The highest BCUT2D eigenvalue weighted by Crippen LogP contribution is 2.35. The minimum Gasteiger partial charge on any atom is -0.393 e. The van der Waals surface area contributed by atoms with Gasteiger partial charge in [-0.2, -0.15) is 0 Å². The minimum absolute atomic E-state index is 0.0530. The van der Waals surface area contributed by atoms with Gasteiger partial charge in [-0.25, -0.2) is 0 Å². The molecule has 1 aliphatic heterocycles. The fourth-order valence-electron chi connectivity index (χ4n) is 3.57. The van der Waals surface area contributed by atoms with Crippen molar-refractivity contribution in [1.29, 1.82) is 0 Å². The quantitative estimate of drug-likeness (QED) is 0.836. The van der Waals surface area contributed by atoms with Crippen LogP contribution in [0.25, 0.3) is 0 Å². The Labute approximate surface area is 112 Å². The molecule has 2 rings (SSSR count). The molecule has 0 aromatic carbocycles. The number of hydrogen-bond acceptors (Lipinski definition) is 3. The summed E-state index contributed by atoms with van der Waals surface area (Å²) in [5.74, 6) is 0.523. The van der Waals surface area contributed by atoms with Crippen molar-refractivity contribution < 1.29 is 9.84 Å². The lowest BCUT2D eigenvalue weighted by atomic mass is 9.75. The molecule has 1 aliphatic carbocycles. The molecule has 0 bridgehead atoms. The molecule has 3 nitrogen and oxygen atoms in total. The second-order valence-corrected chi connectivity index (χ2v) is 6.87. The molecule has 106 valence electrons. The van der Waals surface area contributed by atoms with Gasteiger partial charge in [0.05, 0.1) is 19.3 Å². The van der Waals surface area contributed by atoms with Crippen LogP contribution in [0.15, 0.2) is 0 Å². The number of aliphatic hydroxyl groups is 1. The Morgan fingerprint density at radius 2 is 1.83 bits per heavy atom. The van der Waals surface area contributed by atoms with Crippen molar-refractivity contribution in [2.75, 3.05) is 32.8 Å². The van der Waals surface area contributed by atoms with Crippen LogP contribution in [0.4, 0.5) is 0 Å². The second kappa shape index (κ2) is 6.36. The molecule has 1 saturated heterocycles. The monoisotopic (exact) mass is 255 g/mol. The Bertz CT molecular complexity index is 249. The molecule has 2 unspecified atom stereocenters. The van der Waals surface area contributed by atoms with Crippen LogP contribution in [0.3, 0.4) is 0 Å². The molecule has 0 amide bonds. The largest absolute Gasteiger partial charge is 0.393 e. The van der Waals surface area contributed by atoms with Crippen LogP contribution < -0.4 is 0 Å². The molecular weight excluding hydrogens is 226 g/mol. The smallest absolute Gasteiger partial charge is 0.0594 e. The predicted octanol–water partition coefficient (Wildman–Crippen LogP) is 2.29. The van der Waals surface area contributed by atoms with Gasteiger partial charge in [0, 0.05) is 19.6 Å². The number of rotatable bonds is 4. The summed E-state index contributed by atoms with van der Waals surface area (Å²) in [5.41, 5.74) is 0.306. The van der Waals surface area contributed by atoms with Crippen LogP contribution in [0, 0.1) is 11.3 Å². The molecule has 0 radical (unpaired) electrons. The van der Waals surface area contributed by atoms with Gasteiger partial charge in [0.25, 0.3) is 0 Å². The summed E-state index contributed by atoms with van der Waals surface area (Å²) >= 11 is 0. The van der Waals surface area contributed by atoms with E-state index in [1.807, 2.05) is 0 Å². The summed E-state index contributed by atoms with van der Waals surface area (Å²) in [4.78, 5) is 2.51. The molecule has 1 N–H and O–H groups in total. The third kappa shape index (κ3) is 4.22. The molecule has 2 fully saturated rings. The molecule has 0 aromatic heterocycles. The number of aliphatic hydroxyl groups excluding tert-OH is 1. The van der Waals surface area contributed by atoms with Gasteiger partial charge in [-0.05, 0) is 30.6 Å². The van der Waals surface area contributed by atoms with E-state index >= 15 is 0 Å². The van der Waals surface area contributed by atoms with E-state index in [4.69, 9.17) is 4.74 Å². The first-order valence-electron chi connectivity index (χ1n) is 7.55. The highest BCUT2D eigenvalue weighted by Gasteiger charge is 2.31. The van der Waals surface area contributed by atoms with Gasteiger partial charge in [0.1, 0.15) is 0 Å². The highest BCUT2D eigenvalue weighted by molar-refractivity contribution is 4.83. The Balaban J connectivity index is 1.81. The van der Waals surface area contributed by atoms with Crippen LogP contribution in [-0.4, -0.2) is 49.0 Å². The van der Waals surface area contributed by atoms with Crippen molar-refractivity contribution in [2.24, 2.45) is 11.3 Å². The van der Waals surface area contributed by atoms with Gasteiger partial charge in [0.2, 0.25) is 0 Å². The molecule has 2 aliphatic rings. The number of ether oxygens (including phenoxy) is 1. The second-order valence-electron chi connectivity index (χ2n) is 6.87. The topological polar surface area (TPSA) is 32.7 Å². The summed E-state index contributed by atoms with van der Waals surface area (Å²) in [6, 6.07) is 0. The van der Waals surface area contributed by atoms with Crippen LogP contribution >= 0.6 is 0 Å². The average molecular weight is 255 g/mol. The Hall–Kier alpha value is -0.120. The Morgan fingerprint density at radius 3 is 2.50 bits per heavy atom. The predicted molar refractivity (Wildman–Crippen MR) is 73.6 cm³/mol. The first-order chi connectivity index (χ1) is 8.57. The molecular formula is C15H29NO2. The van der Waals surface area contributed by atoms with Crippen molar-refractivity contribution in [3.8, 4) is 0 Å². The molecule has 0 spiro atoms. The standard InChI is InChI=1S/C15H29NO2/c1-15(2,12-16-7-9-18-10-8-16)11-13-5-3-4-6-14(13)17/h13-14,17H,3-12H2,1-2H3. The van der Waals surface area contributed by atoms with Crippen LogP contribution in [0.2, 0.25) is 0 Å². The molecule has 0 aromatic rings. The molecule has 2 atom stereocenters. The maximum absolute atomic E-state index is 10.1. The van der Waals surface area contributed by atoms with Gasteiger partial charge in [0.15, 0.2) is 0 Å². The molecule has 1 saturated carbocycles. The van der Waals surface area contributed by atoms with E-state index < -0.39 is 0 Å². The van der Waals surface area contributed by atoms with E-state index in [-0.39, 0.29) is 6.10 Å². The van der Waals surface area contributed by atoms with E-state index in [9.17, 15) is 5.11 Å². The van der Waals surface area contributed by atoms with Crippen LogP contribution in [0.1, 0.15) is 46.0 Å². The van der Waals surface area contributed by atoms with E-state index in [0.717, 1.165) is 45.7 Å². The van der Waals surface area contributed by atoms with Gasteiger partial charge in [-0.1, -0.05) is 26.7 Å². The lowest BCUT2D eigenvalue weighted by molar-refractivity contribution is 0.00319. The summed E-state index contributed by atoms with van der Waals surface area (Å²) < 4.78 is 5.40.